The molecule has 1 heterocycles. The number of rotatable bonds is 6. The van der Waals surface area contributed by atoms with E-state index >= 15 is 0 Å². The lowest BCUT2D eigenvalue weighted by molar-refractivity contribution is -0.165. The summed E-state index contributed by atoms with van der Waals surface area (Å²) in [6.07, 6.45) is 14.7. The Morgan fingerprint density at radius 1 is 1.00 bits per heavy atom. The van der Waals surface area contributed by atoms with Gasteiger partial charge in [-0.3, -0.25) is 0 Å². The molecule has 5 rings (SSSR count). The number of hydrogen-bond acceptors (Lipinski definition) is 4. The van der Waals surface area contributed by atoms with Crippen LogP contribution in [0.25, 0.3) is 0 Å². The molecule has 4 fully saturated rings. The molecule has 0 aromatic carbocycles. The van der Waals surface area contributed by atoms with Crippen LogP contribution >= 0.6 is 0 Å². The highest BCUT2D eigenvalue weighted by Crippen LogP contribution is 2.70. The average Bonchev–Trinajstić information content (AvgIpc) is 3.44. The molecule has 4 aliphatic rings. The predicted molar refractivity (Wildman–Crippen MR) is 147 cm³/mol. The average molecular weight is 517 g/mol. The van der Waals surface area contributed by atoms with Gasteiger partial charge in [0.2, 0.25) is 0 Å². The summed E-state index contributed by atoms with van der Waals surface area (Å²) in [5, 5.41) is 12.2. The van der Waals surface area contributed by atoms with Crippen LogP contribution < -0.4 is 0 Å². The molecule has 1 aromatic heterocycles. The summed E-state index contributed by atoms with van der Waals surface area (Å²) in [4.78, 5) is 0. The van der Waals surface area contributed by atoms with Crippen molar-refractivity contribution in [3.8, 4) is 0 Å². The molecule has 1 N–H and O–H groups in total. The quantitative estimate of drug-likeness (QED) is 0.308. The monoisotopic (exact) mass is 516 g/mol. The first-order chi connectivity index (χ1) is 16.8. The molecule has 0 aliphatic heterocycles. The maximum absolute atomic E-state index is 11.9. The fourth-order valence-corrected chi connectivity index (χ4v) is 10.1. The minimum absolute atomic E-state index is 0.0360. The van der Waals surface area contributed by atoms with Gasteiger partial charge in [-0.25, -0.2) is 0 Å². The van der Waals surface area contributed by atoms with E-state index < -0.39 is 13.9 Å². The van der Waals surface area contributed by atoms with Crippen molar-refractivity contribution in [3.05, 3.63) is 24.2 Å². The van der Waals surface area contributed by atoms with Gasteiger partial charge in [0.05, 0.1) is 37.4 Å². The molecule has 1 aromatic rings. The summed E-state index contributed by atoms with van der Waals surface area (Å²) >= 11 is 0. The van der Waals surface area contributed by atoms with Crippen LogP contribution in [0, 0.1) is 34.5 Å². The maximum Gasteiger partial charge on any atom is 0.192 e. The summed E-state index contributed by atoms with van der Waals surface area (Å²) in [6.45, 7) is 18.0. The first-order valence-corrected chi connectivity index (χ1v) is 17.7. The second kappa shape index (κ2) is 9.24. The second-order valence-corrected chi connectivity index (χ2v) is 19.7. The molecular formula is C31H52O4Si. The minimum Gasteiger partial charge on any atom is -0.472 e. The van der Waals surface area contributed by atoms with Crippen molar-refractivity contribution in [1.29, 1.82) is 0 Å². The van der Waals surface area contributed by atoms with E-state index in [1.165, 1.54) is 38.5 Å². The molecule has 0 saturated heterocycles. The third kappa shape index (κ3) is 4.19. The molecule has 4 aliphatic carbocycles. The Labute approximate surface area is 221 Å². The molecule has 36 heavy (non-hydrogen) atoms. The van der Waals surface area contributed by atoms with Gasteiger partial charge in [0.15, 0.2) is 8.32 Å². The van der Waals surface area contributed by atoms with Crippen molar-refractivity contribution in [1.82, 2.24) is 0 Å². The zero-order valence-corrected chi connectivity index (χ0v) is 25.1. The van der Waals surface area contributed by atoms with E-state index in [1.807, 2.05) is 6.07 Å². The van der Waals surface area contributed by atoms with E-state index in [0.29, 0.717) is 17.4 Å². The van der Waals surface area contributed by atoms with Gasteiger partial charge in [-0.15, -0.1) is 0 Å². The Hall–Kier alpha value is -0.623. The topological polar surface area (TPSA) is 51.8 Å². The van der Waals surface area contributed by atoms with E-state index in [-0.39, 0.29) is 10.5 Å². The van der Waals surface area contributed by atoms with Gasteiger partial charge in [0.25, 0.3) is 0 Å². The predicted octanol–water partition coefficient (Wildman–Crippen LogP) is 7.92. The fourth-order valence-electron chi connectivity index (χ4n) is 9.09. The van der Waals surface area contributed by atoms with Crippen LogP contribution in [0.3, 0.4) is 0 Å². The van der Waals surface area contributed by atoms with E-state index in [1.54, 1.807) is 12.5 Å². The Bertz CT molecular complexity index is 906. The second-order valence-electron chi connectivity index (χ2n) is 14.9. The van der Waals surface area contributed by atoms with Crippen molar-refractivity contribution in [2.24, 2.45) is 34.5 Å². The molecule has 4 saturated carbocycles. The van der Waals surface area contributed by atoms with Gasteiger partial charge in [-0.1, -0.05) is 34.6 Å². The smallest absolute Gasteiger partial charge is 0.192 e. The number of aliphatic hydroxyl groups is 1. The Kier molecular flexibility index (Phi) is 6.92. The third-order valence-corrected chi connectivity index (χ3v) is 17.0. The SMILES string of the molecule is CC(C)(C)[Si](C)(C)OCCOC1CC[C@@]2(C)C(CC[C@@H]3[C@H]2CC[C@@]2(C)[C@H]3CCC2(O)c2ccoc2)C1. The Morgan fingerprint density at radius 2 is 1.75 bits per heavy atom. The van der Waals surface area contributed by atoms with Crippen LogP contribution in [0.5, 0.6) is 0 Å². The molecule has 8 atom stereocenters. The lowest BCUT2D eigenvalue weighted by Gasteiger charge is -2.61. The Balaban J connectivity index is 1.20. The molecule has 4 nitrogen and oxygen atoms in total. The van der Waals surface area contributed by atoms with Crippen molar-refractivity contribution in [3.63, 3.8) is 0 Å². The molecule has 5 heteroatoms. The molecule has 0 bridgehead atoms. The Morgan fingerprint density at radius 3 is 2.44 bits per heavy atom. The molecule has 204 valence electrons. The number of fused-ring (bicyclic) bond motifs is 5. The largest absolute Gasteiger partial charge is 0.472 e. The van der Waals surface area contributed by atoms with Gasteiger partial charge in [-0.05, 0) is 111 Å². The van der Waals surface area contributed by atoms with Gasteiger partial charge < -0.3 is 18.7 Å². The summed E-state index contributed by atoms with van der Waals surface area (Å²) < 4.78 is 18.2. The van der Waals surface area contributed by atoms with Gasteiger partial charge in [0.1, 0.15) is 0 Å². The lowest BCUT2D eigenvalue weighted by atomic mass is 9.44. The van der Waals surface area contributed by atoms with E-state index in [4.69, 9.17) is 13.6 Å². The fraction of sp³-hybridized carbons (Fsp3) is 0.871. The highest BCUT2D eigenvalue weighted by atomic mass is 28.4. The minimum atomic E-state index is -1.70. The normalized spacial score (nSPS) is 43.1. The summed E-state index contributed by atoms with van der Waals surface area (Å²) in [6, 6.07) is 2.00. The van der Waals surface area contributed by atoms with Gasteiger partial charge in [0, 0.05) is 11.0 Å². The van der Waals surface area contributed by atoms with E-state index in [0.717, 1.165) is 55.8 Å². The first-order valence-electron chi connectivity index (χ1n) is 14.8. The number of hydrogen-bond donors (Lipinski definition) is 1. The van der Waals surface area contributed by atoms with Crippen LogP contribution in [-0.2, 0) is 14.8 Å². The first kappa shape index (κ1) is 27.0. The van der Waals surface area contributed by atoms with E-state index in [9.17, 15) is 5.11 Å². The van der Waals surface area contributed by atoms with Crippen LogP contribution in [0.4, 0.5) is 0 Å². The zero-order chi connectivity index (χ0) is 26.0. The standard InChI is InChI=1S/C31H52O4Si/c1-28(2,3)36(6,7)35-19-18-34-24-10-14-29(4)22(20-24)8-9-25-26(29)11-15-30(5)27(25)12-16-31(30,32)23-13-17-33-21-23/h13,17,21-22,24-27,32H,8-12,14-16,18-20H2,1-7H3/t22?,24?,25-,26-,27+,29+,30+,31?/m1/s1. The molecule has 0 amide bonds. The van der Waals surface area contributed by atoms with Gasteiger partial charge in [-0.2, -0.15) is 0 Å². The van der Waals surface area contributed by atoms with Crippen molar-refractivity contribution in [2.45, 2.75) is 122 Å². The van der Waals surface area contributed by atoms with E-state index in [2.05, 4.69) is 47.7 Å². The number of ether oxygens (including phenoxy) is 1. The summed E-state index contributed by atoms with van der Waals surface area (Å²) in [7, 11) is -1.70. The summed E-state index contributed by atoms with van der Waals surface area (Å²) in [5.41, 5.74) is 0.663. The highest BCUT2D eigenvalue weighted by molar-refractivity contribution is 6.74. The van der Waals surface area contributed by atoms with Crippen LogP contribution in [0.2, 0.25) is 18.1 Å². The summed E-state index contributed by atoms with van der Waals surface area (Å²) in [5.74, 6) is 2.94. The zero-order valence-electron chi connectivity index (χ0n) is 24.1. The van der Waals surface area contributed by atoms with Crippen molar-refractivity contribution >= 4 is 8.32 Å². The third-order valence-electron chi connectivity index (χ3n) is 12.5. The molecule has 0 radical (unpaired) electrons. The lowest BCUT2D eigenvalue weighted by Crippen LogP contribution is -2.56. The van der Waals surface area contributed by atoms with Crippen molar-refractivity contribution in [2.75, 3.05) is 13.2 Å². The van der Waals surface area contributed by atoms with Crippen LogP contribution in [-0.4, -0.2) is 32.7 Å². The highest BCUT2D eigenvalue weighted by Gasteiger charge is 2.65. The molecule has 3 unspecified atom stereocenters. The van der Waals surface area contributed by atoms with Crippen LogP contribution in [0.15, 0.2) is 23.0 Å². The molecular weight excluding hydrogens is 464 g/mol. The van der Waals surface area contributed by atoms with Crippen LogP contribution in [0.1, 0.15) is 98.0 Å². The van der Waals surface area contributed by atoms with Crippen molar-refractivity contribution < 1.29 is 18.7 Å². The maximum atomic E-state index is 11.9. The molecule has 0 spiro atoms. The number of furan rings is 1. The van der Waals surface area contributed by atoms with Gasteiger partial charge >= 0.3 is 0 Å².